The van der Waals surface area contributed by atoms with Crippen molar-refractivity contribution in [3.05, 3.63) is 85.1 Å². The number of rotatable bonds is 1. The van der Waals surface area contributed by atoms with Crippen LogP contribution in [-0.4, -0.2) is 119 Å². The van der Waals surface area contributed by atoms with E-state index in [1.807, 2.05) is 73.8 Å². The van der Waals surface area contributed by atoms with E-state index < -0.39 is 110 Å². The van der Waals surface area contributed by atoms with Crippen molar-refractivity contribution >= 4 is 11.9 Å². The number of carbonyl (C=O) groups excluding carboxylic acids is 1. The Morgan fingerprint density at radius 1 is 0.685 bits per heavy atom. The Morgan fingerprint density at radius 3 is 1.85 bits per heavy atom. The summed E-state index contributed by atoms with van der Waals surface area (Å²) < 4.78 is 11.2. The molecule has 0 aliphatic carbocycles. The van der Waals surface area contributed by atoms with Crippen LogP contribution in [-0.2, 0) is 19.1 Å². The van der Waals surface area contributed by atoms with Crippen molar-refractivity contribution in [2.24, 2.45) is 17.8 Å². The second-order valence-electron chi connectivity index (χ2n) is 14.5. The molecule has 2 aliphatic heterocycles. The van der Waals surface area contributed by atoms with Crippen LogP contribution in [0.4, 0.5) is 0 Å². The van der Waals surface area contributed by atoms with Crippen molar-refractivity contribution in [1.82, 2.24) is 0 Å². The number of aliphatic carboxylic acids is 1. The molecule has 0 spiro atoms. The third kappa shape index (κ3) is 17.5. The summed E-state index contributed by atoms with van der Waals surface area (Å²) >= 11 is 0. The van der Waals surface area contributed by atoms with Crippen LogP contribution in [0.5, 0.6) is 0 Å². The standard InChI is InChI=1S/C41H62O13/c1-27-18-16-14-12-10-8-6-4-5-7-9-11-13-15-17-19-36-38(40(50)51)35(47)26-41(52,54-36)25-32(44)23-34(46)33(45)21-20-30(42)22-31(43)24-37(48)53-29(3)28(2)39(27)49/h4-16,18,27-36,38-39,42-47,49,52H,17,19-26H2,1-3H3,(H,50,51). The number of hydrogen-bond acceptors (Lipinski definition) is 12. The molecule has 13 nitrogen and oxygen atoms in total. The lowest BCUT2D eigenvalue weighted by atomic mass is 9.83. The molecule has 2 aliphatic rings. The van der Waals surface area contributed by atoms with E-state index in [0.717, 1.165) is 0 Å². The van der Waals surface area contributed by atoms with Gasteiger partial charge in [0.25, 0.3) is 0 Å². The van der Waals surface area contributed by atoms with Crippen molar-refractivity contribution in [2.45, 2.75) is 139 Å². The van der Waals surface area contributed by atoms with Crippen LogP contribution in [0.25, 0.3) is 0 Å². The number of hydrogen-bond donors (Lipinski definition) is 9. The number of ether oxygens (including phenoxy) is 2. The zero-order valence-electron chi connectivity index (χ0n) is 31.5. The normalized spacial score (nSPS) is 38.2. The molecule has 0 aromatic heterocycles. The molecular formula is C41H62O13. The van der Waals surface area contributed by atoms with Crippen molar-refractivity contribution in [1.29, 1.82) is 0 Å². The average molecular weight is 763 g/mol. The number of aliphatic hydroxyl groups is 8. The summed E-state index contributed by atoms with van der Waals surface area (Å²) in [5, 5.41) is 94.9. The van der Waals surface area contributed by atoms with Gasteiger partial charge in [0, 0.05) is 31.1 Å². The molecule has 54 heavy (non-hydrogen) atoms. The Labute approximate surface area is 318 Å². The molecule has 0 aromatic carbocycles. The maximum Gasteiger partial charge on any atom is 0.311 e. The van der Waals surface area contributed by atoms with Gasteiger partial charge in [-0.3, -0.25) is 9.59 Å². The van der Waals surface area contributed by atoms with Crippen LogP contribution in [0.15, 0.2) is 85.1 Å². The zero-order valence-corrected chi connectivity index (χ0v) is 31.5. The van der Waals surface area contributed by atoms with E-state index in [-0.39, 0.29) is 31.6 Å². The highest BCUT2D eigenvalue weighted by atomic mass is 16.6. The van der Waals surface area contributed by atoms with Gasteiger partial charge in [0.15, 0.2) is 5.79 Å². The van der Waals surface area contributed by atoms with Gasteiger partial charge in [-0.25, -0.2) is 0 Å². The number of carboxylic acids is 1. The summed E-state index contributed by atoms with van der Waals surface area (Å²) in [7, 11) is 0. The highest BCUT2D eigenvalue weighted by Crippen LogP contribution is 2.37. The van der Waals surface area contributed by atoms with E-state index in [1.54, 1.807) is 32.1 Å². The molecular weight excluding hydrogens is 700 g/mol. The fourth-order valence-electron chi connectivity index (χ4n) is 6.50. The van der Waals surface area contributed by atoms with E-state index in [4.69, 9.17) is 9.47 Å². The molecule has 2 bridgehead atoms. The second kappa shape index (κ2) is 24.3. The van der Waals surface area contributed by atoms with Gasteiger partial charge in [-0.2, -0.15) is 0 Å². The molecule has 304 valence electrons. The Kier molecular flexibility index (Phi) is 21.1. The van der Waals surface area contributed by atoms with Crippen LogP contribution in [0.2, 0.25) is 0 Å². The number of fused-ring (bicyclic) bond motifs is 2. The first kappa shape index (κ1) is 46.9. The maximum absolute atomic E-state index is 12.5. The van der Waals surface area contributed by atoms with Crippen LogP contribution < -0.4 is 0 Å². The SMILES string of the molecule is CC1C=CC=CC=CC=CC=CC=CC=CCCC2OC(O)(CC(O)CC(O)C(O)CCC(O)CC(O)CC(=O)OC(C)C(C)C1O)CC(O)C2C(=O)O. The minimum Gasteiger partial charge on any atom is -0.481 e. The highest BCUT2D eigenvalue weighted by Gasteiger charge is 2.49. The fraction of sp³-hybridized carbons (Fsp3) is 0.610. The molecule has 0 amide bonds. The number of esters is 1. The predicted octanol–water partition coefficient (Wildman–Crippen LogP) is 2.92. The first-order valence-electron chi connectivity index (χ1n) is 18.8. The second-order valence-corrected chi connectivity index (χ2v) is 14.5. The van der Waals surface area contributed by atoms with Crippen molar-refractivity contribution in [2.75, 3.05) is 0 Å². The van der Waals surface area contributed by atoms with E-state index in [0.29, 0.717) is 6.42 Å². The van der Waals surface area contributed by atoms with Crippen LogP contribution in [0.1, 0.15) is 78.6 Å². The lowest BCUT2D eigenvalue weighted by Crippen LogP contribution is -2.55. The summed E-state index contributed by atoms with van der Waals surface area (Å²) in [6.45, 7) is 5.27. The molecule has 2 heterocycles. The van der Waals surface area contributed by atoms with Crippen LogP contribution in [0.3, 0.4) is 0 Å². The number of aliphatic hydroxyl groups excluding tert-OH is 7. The summed E-state index contributed by atoms with van der Waals surface area (Å²) in [4.78, 5) is 24.5. The molecule has 0 saturated carbocycles. The van der Waals surface area contributed by atoms with Gasteiger partial charge in [-0.1, -0.05) is 98.9 Å². The molecule has 1 fully saturated rings. The van der Waals surface area contributed by atoms with E-state index in [2.05, 4.69) is 0 Å². The summed E-state index contributed by atoms with van der Waals surface area (Å²) in [5.41, 5.74) is 0. The predicted molar refractivity (Wildman–Crippen MR) is 202 cm³/mol. The number of cyclic esters (lactones) is 1. The van der Waals surface area contributed by atoms with Crippen LogP contribution >= 0.6 is 0 Å². The zero-order chi connectivity index (χ0) is 40.3. The molecule has 2 rings (SSSR count). The molecule has 0 aromatic rings. The molecule has 13 heteroatoms. The highest BCUT2D eigenvalue weighted by molar-refractivity contribution is 5.71. The maximum atomic E-state index is 12.5. The number of carbonyl (C=O) groups is 2. The molecule has 1 saturated heterocycles. The molecule has 13 unspecified atom stereocenters. The van der Waals surface area contributed by atoms with E-state index in [9.17, 15) is 55.5 Å². The summed E-state index contributed by atoms with van der Waals surface area (Å²) in [5.74, 6) is -6.05. The topological polar surface area (TPSA) is 235 Å². The van der Waals surface area contributed by atoms with Gasteiger partial charge >= 0.3 is 11.9 Å². The van der Waals surface area contributed by atoms with Crippen molar-refractivity contribution in [3.63, 3.8) is 0 Å². The Morgan fingerprint density at radius 2 is 1.26 bits per heavy atom. The monoisotopic (exact) mass is 762 g/mol. The van der Waals surface area contributed by atoms with Gasteiger partial charge in [0.1, 0.15) is 12.0 Å². The van der Waals surface area contributed by atoms with Crippen molar-refractivity contribution < 1.29 is 65.0 Å². The lowest BCUT2D eigenvalue weighted by molar-refractivity contribution is -0.298. The smallest absolute Gasteiger partial charge is 0.311 e. The Hall–Kier alpha value is -3.24. The number of allylic oxidation sites excluding steroid dienone is 13. The third-order valence-corrected chi connectivity index (χ3v) is 9.78. The van der Waals surface area contributed by atoms with Crippen molar-refractivity contribution in [3.8, 4) is 0 Å². The van der Waals surface area contributed by atoms with Gasteiger partial charge < -0.3 is 55.4 Å². The molecule has 0 radical (unpaired) electrons. The molecule has 13 atom stereocenters. The van der Waals surface area contributed by atoms with Gasteiger partial charge in [-0.05, 0) is 39.0 Å². The minimum atomic E-state index is -2.10. The lowest BCUT2D eigenvalue weighted by Gasteiger charge is -2.44. The fourth-order valence-corrected chi connectivity index (χ4v) is 6.50. The minimum absolute atomic E-state index is 0.0492. The number of carboxylic acid groups (broad SMARTS) is 1. The average Bonchev–Trinajstić information content (AvgIpc) is 3.08. The van der Waals surface area contributed by atoms with Gasteiger partial charge in [0.05, 0.1) is 55.3 Å². The Balaban J connectivity index is 2.14. The van der Waals surface area contributed by atoms with Gasteiger partial charge in [-0.15, -0.1) is 0 Å². The summed E-state index contributed by atoms with van der Waals surface area (Å²) in [6.07, 6.45) is 13.3. The summed E-state index contributed by atoms with van der Waals surface area (Å²) in [6, 6.07) is 0. The van der Waals surface area contributed by atoms with E-state index in [1.165, 1.54) is 0 Å². The largest absolute Gasteiger partial charge is 0.481 e. The molecule has 9 N–H and O–H groups in total. The quantitative estimate of drug-likeness (QED) is 0.175. The third-order valence-electron chi connectivity index (χ3n) is 9.78. The first-order chi connectivity index (χ1) is 25.5. The van der Waals surface area contributed by atoms with Gasteiger partial charge in [0.2, 0.25) is 0 Å². The van der Waals surface area contributed by atoms with E-state index >= 15 is 0 Å². The first-order valence-corrected chi connectivity index (χ1v) is 18.8. The van der Waals surface area contributed by atoms with Crippen LogP contribution in [0, 0.1) is 17.8 Å². The Bertz CT molecular complexity index is 1340.